The van der Waals surface area contributed by atoms with Crippen LogP contribution in [0.2, 0.25) is 0 Å². The first-order chi connectivity index (χ1) is 21.7. The number of rotatable bonds is 10. The second kappa shape index (κ2) is 13.8. The monoisotopic (exact) mass is 622 g/mol. The fourth-order valence-corrected chi connectivity index (χ4v) is 4.31. The van der Waals surface area contributed by atoms with Gasteiger partial charge in [-0.3, -0.25) is 29.3 Å². The molecule has 17 nitrogen and oxygen atoms in total. The van der Waals surface area contributed by atoms with Crippen LogP contribution in [0.25, 0.3) is 11.2 Å². The van der Waals surface area contributed by atoms with E-state index in [4.69, 9.17) is 18.9 Å². The van der Waals surface area contributed by atoms with Crippen molar-refractivity contribution in [3.8, 4) is 0 Å². The number of hydrogen-bond acceptors (Lipinski definition) is 12. The molecular weight excluding hydrogens is 592 g/mol. The van der Waals surface area contributed by atoms with Crippen LogP contribution in [0.4, 0.5) is 15.5 Å². The van der Waals surface area contributed by atoms with Crippen LogP contribution in [-0.4, -0.2) is 78.5 Å². The smallest absolute Gasteiger partial charge is 0.419 e. The summed E-state index contributed by atoms with van der Waals surface area (Å²) in [6, 6.07) is 9.04. The molecule has 0 spiro atoms. The van der Waals surface area contributed by atoms with Crippen LogP contribution in [0.5, 0.6) is 0 Å². The van der Waals surface area contributed by atoms with Crippen molar-refractivity contribution < 1.29 is 38.1 Å². The highest BCUT2D eigenvalue weighted by Gasteiger charge is 2.41. The lowest BCUT2D eigenvalue weighted by Gasteiger charge is -2.19. The summed E-state index contributed by atoms with van der Waals surface area (Å²) < 4.78 is 24.7. The molecule has 1 saturated heterocycles. The van der Waals surface area contributed by atoms with Crippen molar-refractivity contribution in [3.05, 3.63) is 71.3 Å². The second-order valence-electron chi connectivity index (χ2n) is 10.2. The highest BCUT2D eigenvalue weighted by molar-refractivity contribution is 5.91. The van der Waals surface area contributed by atoms with Crippen LogP contribution >= 0.6 is 0 Å². The van der Waals surface area contributed by atoms with Gasteiger partial charge in [-0.25, -0.2) is 24.1 Å². The maximum absolute atomic E-state index is 12.7. The molecule has 45 heavy (non-hydrogen) atoms. The van der Waals surface area contributed by atoms with Crippen molar-refractivity contribution in [2.24, 2.45) is 5.92 Å². The number of nitrogens with zero attached hydrogens (tertiary/aromatic N) is 5. The Hall–Kier alpha value is -5.58. The number of esters is 1. The molecule has 0 radical (unpaired) electrons. The number of alkyl carbamates (subject to hydrolysis) is 1. The predicted molar refractivity (Wildman–Crippen MR) is 154 cm³/mol. The van der Waals surface area contributed by atoms with Gasteiger partial charge in [0, 0.05) is 24.7 Å². The van der Waals surface area contributed by atoms with Crippen molar-refractivity contribution in [3.63, 3.8) is 0 Å². The van der Waals surface area contributed by atoms with Crippen molar-refractivity contribution >= 4 is 41.2 Å². The molecule has 0 aliphatic carbocycles. The average molecular weight is 623 g/mol. The first kappa shape index (κ1) is 30.9. The topological polar surface area (TPSA) is 211 Å². The summed E-state index contributed by atoms with van der Waals surface area (Å²) in [4.78, 5) is 76.8. The number of nitrogens with one attached hydrogen (secondary N) is 3. The summed E-state index contributed by atoms with van der Waals surface area (Å²) in [5, 5.41) is 4.89. The zero-order valence-electron chi connectivity index (χ0n) is 24.2. The van der Waals surface area contributed by atoms with E-state index in [1.807, 2.05) is 18.2 Å². The Morgan fingerprint density at radius 2 is 1.93 bits per heavy atom. The lowest BCUT2D eigenvalue weighted by molar-refractivity contribution is -0.143. The fourth-order valence-electron chi connectivity index (χ4n) is 4.31. The van der Waals surface area contributed by atoms with Crippen LogP contribution in [0.1, 0.15) is 32.1 Å². The molecule has 236 valence electrons. The van der Waals surface area contributed by atoms with E-state index in [1.54, 1.807) is 26.0 Å². The van der Waals surface area contributed by atoms with Crippen molar-refractivity contribution in [1.29, 1.82) is 0 Å². The Kier molecular flexibility index (Phi) is 9.47. The van der Waals surface area contributed by atoms with E-state index in [-0.39, 0.29) is 48.6 Å². The number of hydrogen-bond donors (Lipinski definition) is 3. The predicted octanol–water partition coefficient (Wildman–Crippen LogP) is 1.72. The number of carbonyl (C=O) groups is 4. The number of ether oxygens (including phenoxy) is 4. The minimum absolute atomic E-state index is 0.0136. The molecule has 0 saturated carbocycles. The lowest BCUT2D eigenvalue weighted by Crippen LogP contribution is -2.38. The summed E-state index contributed by atoms with van der Waals surface area (Å²) in [6.07, 6.45) is 0.947. The highest BCUT2D eigenvalue weighted by Crippen LogP contribution is 2.33. The zero-order chi connectivity index (χ0) is 31.9. The van der Waals surface area contributed by atoms with Crippen molar-refractivity contribution in [2.75, 3.05) is 18.5 Å². The quantitative estimate of drug-likeness (QED) is 0.170. The van der Waals surface area contributed by atoms with Gasteiger partial charge in [-0.15, -0.1) is 0 Å². The molecular formula is C28H30N8O9. The Balaban J connectivity index is 1.27. The molecule has 1 fully saturated rings. The van der Waals surface area contributed by atoms with E-state index in [0.717, 1.165) is 10.1 Å². The van der Waals surface area contributed by atoms with Gasteiger partial charge in [-0.05, 0) is 5.56 Å². The minimum atomic E-state index is -0.967. The molecule has 1 aliphatic rings. The van der Waals surface area contributed by atoms with E-state index in [9.17, 15) is 24.0 Å². The van der Waals surface area contributed by atoms with Crippen LogP contribution in [-0.2, 0) is 35.1 Å². The van der Waals surface area contributed by atoms with Crippen LogP contribution in [0.3, 0.4) is 0 Å². The molecule has 2 amide bonds. The van der Waals surface area contributed by atoms with Crippen molar-refractivity contribution in [1.82, 2.24) is 34.4 Å². The van der Waals surface area contributed by atoms with Gasteiger partial charge in [0.1, 0.15) is 44.5 Å². The molecule has 1 aromatic carbocycles. The number of H-pyrrole nitrogens is 1. The van der Waals surface area contributed by atoms with Gasteiger partial charge in [0.15, 0.2) is 11.2 Å². The van der Waals surface area contributed by atoms with Crippen molar-refractivity contribution in [2.45, 2.75) is 45.3 Å². The number of imidazole rings is 2. The summed E-state index contributed by atoms with van der Waals surface area (Å²) in [7, 11) is 0. The minimum Gasteiger partial charge on any atom is -0.460 e. The summed E-state index contributed by atoms with van der Waals surface area (Å²) in [6.45, 7) is 2.64. The largest absolute Gasteiger partial charge is 0.460 e. The molecule has 4 aromatic rings. The van der Waals surface area contributed by atoms with Gasteiger partial charge in [-0.2, -0.15) is 4.98 Å². The third-order valence-electron chi connectivity index (χ3n) is 6.65. The SMILES string of the molecule is CC(C)C(=O)Nc1nc2c(ncn2[C@H]2CC(OC(=O)NCC(=O)OCc3ccccc3)[C@@H](COC(=O)n3ccnc3)O2)c(=O)[nH]1. The van der Waals surface area contributed by atoms with Gasteiger partial charge in [-0.1, -0.05) is 44.2 Å². The number of aromatic amines is 1. The molecule has 17 heteroatoms. The summed E-state index contributed by atoms with van der Waals surface area (Å²) in [5.74, 6) is -1.48. The molecule has 0 bridgehead atoms. The first-order valence-corrected chi connectivity index (χ1v) is 13.9. The average Bonchev–Trinajstić information content (AvgIpc) is 3.79. The maximum Gasteiger partial charge on any atom is 0.419 e. The van der Waals surface area contributed by atoms with E-state index >= 15 is 0 Å². The normalized spacial score (nSPS) is 17.6. The maximum atomic E-state index is 12.7. The molecule has 3 N–H and O–H groups in total. The van der Waals surface area contributed by atoms with E-state index < -0.39 is 48.7 Å². The zero-order valence-corrected chi connectivity index (χ0v) is 24.2. The standard InChI is InChI=1S/C28H30N8O9/c1-16(2)24(38)33-26-32-23-22(25(39)34-26)31-15-36(23)20-10-18(19(44-20)13-43-28(41)35-9-8-29-14-35)45-27(40)30-11-21(37)42-12-17-6-4-3-5-7-17/h3-9,14-16,18-20H,10-13H2,1-2H3,(H,30,40)(H2,32,33,34,38,39)/t18?,19-,20-/m1/s1. The number of fused-ring (bicyclic) bond motifs is 1. The van der Waals surface area contributed by atoms with Crippen LogP contribution in [0, 0.1) is 5.92 Å². The van der Waals surface area contributed by atoms with Gasteiger partial charge >= 0.3 is 18.2 Å². The molecule has 4 heterocycles. The van der Waals surface area contributed by atoms with E-state index in [2.05, 4.69) is 30.6 Å². The van der Waals surface area contributed by atoms with E-state index in [1.165, 1.54) is 29.6 Å². The summed E-state index contributed by atoms with van der Waals surface area (Å²) in [5.41, 5.74) is 0.283. The Morgan fingerprint density at radius 1 is 1.13 bits per heavy atom. The third-order valence-corrected chi connectivity index (χ3v) is 6.65. The second-order valence-corrected chi connectivity index (χ2v) is 10.2. The van der Waals surface area contributed by atoms with E-state index in [0.29, 0.717) is 0 Å². The number of aromatic nitrogens is 6. The number of carbonyl (C=O) groups excluding carboxylic acids is 4. The molecule has 3 atom stereocenters. The Labute approximate surface area is 254 Å². The van der Waals surface area contributed by atoms with Gasteiger partial charge in [0.25, 0.3) is 5.56 Å². The Morgan fingerprint density at radius 3 is 2.67 bits per heavy atom. The van der Waals surface area contributed by atoms with Gasteiger partial charge in [0.2, 0.25) is 11.9 Å². The van der Waals surface area contributed by atoms with Gasteiger partial charge < -0.3 is 24.3 Å². The number of amides is 2. The lowest BCUT2D eigenvalue weighted by atomic mass is 10.2. The Bertz CT molecular complexity index is 1720. The van der Waals surface area contributed by atoms with Crippen LogP contribution < -0.4 is 16.2 Å². The molecule has 5 rings (SSSR count). The molecule has 1 unspecified atom stereocenters. The fraction of sp³-hybridized carbons (Fsp3) is 0.357. The van der Waals surface area contributed by atoms with Gasteiger partial charge in [0.05, 0.1) is 6.33 Å². The molecule has 1 aliphatic heterocycles. The number of benzene rings is 1. The number of anilines is 1. The molecule has 3 aromatic heterocycles. The third kappa shape index (κ3) is 7.69. The van der Waals surface area contributed by atoms with Crippen LogP contribution in [0.15, 0.2) is 60.2 Å². The first-order valence-electron chi connectivity index (χ1n) is 13.9. The summed E-state index contributed by atoms with van der Waals surface area (Å²) >= 11 is 0. The highest BCUT2D eigenvalue weighted by atomic mass is 16.6.